The molecule has 2 N–H and O–H groups in total. The van der Waals surface area contributed by atoms with Crippen molar-refractivity contribution >= 4 is 5.78 Å². The van der Waals surface area contributed by atoms with Crippen LogP contribution in [0.25, 0.3) is 0 Å². The van der Waals surface area contributed by atoms with Crippen molar-refractivity contribution in [2.24, 2.45) is 5.73 Å². The number of ketones is 1. The van der Waals surface area contributed by atoms with E-state index in [9.17, 15) is 4.79 Å². The van der Waals surface area contributed by atoms with Gasteiger partial charge in [-0.05, 0) is 19.4 Å². The zero-order chi connectivity index (χ0) is 8.55. The molecule has 0 spiro atoms. The monoisotopic (exact) mass is 168 g/mol. The molecule has 2 aliphatic rings. The average molecular weight is 168 g/mol. The van der Waals surface area contributed by atoms with Gasteiger partial charge >= 0.3 is 0 Å². The van der Waals surface area contributed by atoms with Gasteiger partial charge in [-0.3, -0.25) is 9.69 Å². The fraction of sp³-hybridized carbons (Fsp3) is 0.889. The number of Topliss-reactive ketones (excluding diaryl/α,β-unsaturated/α-hetero) is 1. The van der Waals surface area contributed by atoms with Crippen LogP contribution in [0, 0.1) is 0 Å². The Kier molecular flexibility index (Phi) is 2.15. The lowest BCUT2D eigenvalue weighted by Gasteiger charge is -2.40. The summed E-state index contributed by atoms with van der Waals surface area (Å²) in [5.41, 5.74) is 5.69. The van der Waals surface area contributed by atoms with Gasteiger partial charge in [-0.2, -0.15) is 0 Å². The highest BCUT2D eigenvalue weighted by Gasteiger charge is 2.33. The Bertz CT molecular complexity index is 193. The van der Waals surface area contributed by atoms with Gasteiger partial charge in [0.2, 0.25) is 0 Å². The maximum atomic E-state index is 11.3. The Morgan fingerprint density at radius 3 is 3.08 bits per heavy atom. The fourth-order valence-electron chi connectivity index (χ4n) is 2.27. The van der Waals surface area contributed by atoms with Crippen LogP contribution in [0.5, 0.6) is 0 Å². The zero-order valence-electron chi connectivity index (χ0n) is 7.33. The largest absolute Gasteiger partial charge is 0.320 e. The highest BCUT2D eigenvalue weighted by molar-refractivity contribution is 5.85. The molecule has 0 bridgehead atoms. The van der Waals surface area contributed by atoms with Crippen molar-refractivity contribution in [2.75, 3.05) is 13.1 Å². The molecule has 2 aliphatic heterocycles. The molecule has 0 aromatic rings. The first-order valence-electron chi connectivity index (χ1n) is 4.80. The van der Waals surface area contributed by atoms with Crippen molar-refractivity contribution in [3.05, 3.63) is 0 Å². The first kappa shape index (κ1) is 8.20. The highest BCUT2D eigenvalue weighted by atomic mass is 16.1. The Morgan fingerprint density at radius 1 is 1.42 bits per heavy atom. The molecule has 2 heterocycles. The average Bonchev–Trinajstić information content (AvgIpc) is 2.07. The Labute approximate surface area is 72.9 Å². The first-order chi connectivity index (χ1) is 5.77. The van der Waals surface area contributed by atoms with Crippen molar-refractivity contribution < 1.29 is 4.79 Å². The second-order valence-corrected chi connectivity index (χ2v) is 3.92. The lowest BCUT2D eigenvalue weighted by Crippen LogP contribution is -2.55. The number of piperidine rings is 2. The zero-order valence-corrected chi connectivity index (χ0v) is 7.33. The molecular weight excluding hydrogens is 152 g/mol. The Morgan fingerprint density at radius 2 is 2.25 bits per heavy atom. The molecule has 12 heavy (non-hydrogen) atoms. The van der Waals surface area contributed by atoms with Gasteiger partial charge in [0.25, 0.3) is 0 Å². The molecular formula is C9H16N2O. The van der Waals surface area contributed by atoms with Crippen LogP contribution >= 0.6 is 0 Å². The SMILES string of the molecule is NC1CN2CCCCC2CC1=O. The third-order valence-corrected chi connectivity index (χ3v) is 3.03. The number of nitrogens with zero attached hydrogens (tertiary/aromatic N) is 1. The molecule has 0 radical (unpaired) electrons. The first-order valence-corrected chi connectivity index (χ1v) is 4.80. The van der Waals surface area contributed by atoms with Crippen LogP contribution in [0.4, 0.5) is 0 Å². The number of fused-ring (bicyclic) bond motifs is 1. The van der Waals surface area contributed by atoms with Crippen LogP contribution in [0.2, 0.25) is 0 Å². The van der Waals surface area contributed by atoms with Crippen LogP contribution in [-0.4, -0.2) is 35.9 Å². The van der Waals surface area contributed by atoms with Gasteiger partial charge in [-0.1, -0.05) is 6.42 Å². The minimum Gasteiger partial charge on any atom is -0.320 e. The van der Waals surface area contributed by atoms with E-state index < -0.39 is 0 Å². The molecule has 2 fully saturated rings. The fourth-order valence-corrected chi connectivity index (χ4v) is 2.27. The van der Waals surface area contributed by atoms with Gasteiger partial charge < -0.3 is 5.73 Å². The molecule has 0 aliphatic carbocycles. The summed E-state index contributed by atoms with van der Waals surface area (Å²) in [5.74, 6) is 0.262. The minimum atomic E-state index is -0.209. The van der Waals surface area contributed by atoms with E-state index in [1.807, 2.05) is 0 Å². The molecule has 0 amide bonds. The van der Waals surface area contributed by atoms with Crippen molar-refractivity contribution in [2.45, 2.75) is 37.8 Å². The number of hydrogen-bond acceptors (Lipinski definition) is 3. The quantitative estimate of drug-likeness (QED) is 0.559. The van der Waals surface area contributed by atoms with Crippen molar-refractivity contribution in [3.8, 4) is 0 Å². The summed E-state index contributed by atoms with van der Waals surface area (Å²) in [6.45, 7) is 1.94. The summed E-state index contributed by atoms with van der Waals surface area (Å²) >= 11 is 0. The van der Waals surface area contributed by atoms with Crippen LogP contribution < -0.4 is 5.73 Å². The van der Waals surface area contributed by atoms with Crippen LogP contribution in [0.15, 0.2) is 0 Å². The number of carbonyl (C=O) groups is 1. The van der Waals surface area contributed by atoms with Gasteiger partial charge in [0.05, 0.1) is 6.04 Å². The number of carbonyl (C=O) groups excluding carboxylic acids is 1. The third kappa shape index (κ3) is 1.39. The summed E-state index contributed by atoms with van der Waals surface area (Å²) in [6.07, 6.45) is 4.45. The molecule has 0 aromatic heterocycles. The van der Waals surface area contributed by atoms with Crippen molar-refractivity contribution in [1.82, 2.24) is 4.90 Å². The summed E-state index contributed by atoms with van der Waals surface area (Å²) < 4.78 is 0. The molecule has 2 saturated heterocycles. The molecule has 0 aromatic carbocycles. The third-order valence-electron chi connectivity index (χ3n) is 3.03. The Hall–Kier alpha value is -0.410. The number of nitrogens with two attached hydrogens (primary N) is 1. The predicted molar refractivity (Wildman–Crippen MR) is 46.8 cm³/mol. The van der Waals surface area contributed by atoms with Gasteiger partial charge in [0, 0.05) is 19.0 Å². The smallest absolute Gasteiger partial charge is 0.152 e. The van der Waals surface area contributed by atoms with Crippen LogP contribution in [0.1, 0.15) is 25.7 Å². The van der Waals surface area contributed by atoms with E-state index in [1.165, 1.54) is 19.3 Å². The normalized spacial score (nSPS) is 37.9. The molecule has 0 saturated carbocycles. The van der Waals surface area contributed by atoms with E-state index in [0.717, 1.165) is 13.1 Å². The van der Waals surface area contributed by atoms with Crippen molar-refractivity contribution in [1.29, 1.82) is 0 Å². The number of hydrogen-bond donors (Lipinski definition) is 1. The maximum absolute atomic E-state index is 11.3. The van der Waals surface area contributed by atoms with E-state index >= 15 is 0 Å². The van der Waals surface area contributed by atoms with Crippen LogP contribution in [-0.2, 0) is 4.79 Å². The minimum absolute atomic E-state index is 0.209. The van der Waals surface area contributed by atoms with Gasteiger partial charge in [0.15, 0.2) is 5.78 Å². The second-order valence-electron chi connectivity index (χ2n) is 3.92. The van der Waals surface area contributed by atoms with E-state index in [2.05, 4.69) is 4.90 Å². The Balaban J connectivity index is 2.02. The summed E-state index contributed by atoms with van der Waals surface area (Å²) in [7, 11) is 0. The summed E-state index contributed by atoms with van der Waals surface area (Å²) in [4.78, 5) is 13.7. The van der Waals surface area contributed by atoms with Gasteiger partial charge in [-0.25, -0.2) is 0 Å². The van der Waals surface area contributed by atoms with E-state index in [0.29, 0.717) is 12.5 Å². The molecule has 3 nitrogen and oxygen atoms in total. The maximum Gasteiger partial charge on any atom is 0.152 e. The van der Waals surface area contributed by atoms with Gasteiger partial charge in [-0.15, -0.1) is 0 Å². The highest BCUT2D eigenvalue weighted by Crippen LogP contribution is 2.23. The molecule has 68 valence electrons. The standard InChI is InChI=1S/C9H16N2O/c10-8-6-11-4-2-1-3-7(11)5-9(8)12/h7-8H,1-6,10H2. The van der Waals surface area contributed by atoms with Gasteiger partial charge in [0.1, 0.15) is 0 Å². The van der Waals surface area contributed by atoms with Crippen molar-refractivity contribution in [3.63, 3.8) is 0 Å². The van der Waals surface area contributed by atoms with Crippen LogP contribution in [0.3, 0.4) is 0 Å². The second kappa shape index (κ2) is 3.15. The van der Waals surface area contributed by atoms with E-state index in [-0.39, 0.29) is 11.8 Å². The lowest BCUT2D eigenvalue weighted by molar-refractivity contribution is -0.125. The van der Waals surface area contributed by atoms with E-state index in [4.69, 9.17) is 5.73 Å². The molecule has 2 atom stereocenters. The summed E-state index contributed by atoms with van der Waals surface area (Å²) in [6, 6.07) is 0.311. The topological polar surface area (TPSA) is 46.3 Å². The van der Waals surface area contributed by atoms with E-state index in [1.54, 1.807) is 0 Å². The molecule has 2 rings (SSSR count). The molecule has 2 unspecified atom stereocenters. The lowest BCUT2D eigenvalue weighted by atomic mass is 9.90. The number of rotatable bonds is 0. The molecule has 3 heteroatoms. The predicted octanol–water partition coefficient (Wildman–Crippen LogP) is 0.141. The summed E-state index contributed by atoms with van der Waals surface area (Å²) in [5, 5.41) is 0.